The Labute approximate surface area is 116 Å². The van der Waals surface area contributed by atoms with Crippen LogP contribution in [0.15, 0.2) is 0 Å². The summed E-state index contributed by atoms with van der Waals surface area (Å²) < 4.78 is 0. The fraction of sp³-hybridized carbons (Fsp3) is 0.929. The molecule has 0 radical (unpaired) electrons. The summed E-state index contributed by atoms with van der Waals surface area (Å²) in [6.45, 7) is 2.71. The first-order valence-electron chi connectivity index (χ1n) is 7.50. The quantitative estimate of drug-likeness (QED) is 0.683. The molecule has 2 rings (SSSR count). The van der Waals surface area contributed by atoms with E-state index in [0.717, 1.165) is 25.9 Å². The SMILES string of the molecule is CN(C)CC1CCCN1C(CN)CC(=O)NC1CC1. The van der Waals surface area contributed by atoms with Crippen LogP contribution in [0.4, 0.5) is 0 Å². The van der Waals surface area contributed by atoms with Gasteiger partial charge in [-0.05, 0) is 46.3 Å². The number of hydrogen-bond donors (Lipinski definition) is 2. The van der Waals surface area contributed by atoms with Gasteiger partial charge in [-0.2, -0.15) is 0 Å². The number of nitrogens with one attached hydrogen (secondary N) is 1. The van der Waals surface area contributed by atoms with Crippen molar-refractivity contribution in [2.75, 3.05) is 33.7 Å². The number of likely N-dealkylation sites (N-methyl/N-ethyl adjacent to an activating group) is 1. The van der Waals surface area contributed by atoms with Crippen LogP contribution in [0.25, 0.3) is 0 Å². The fourth-order valence-corrected chi connectivity index (χ4v) is 3.02. The Morgan fingerprint density at radius 2 is 2.16 bits per heavy atom. The lowest BCUT2D eigenvalue weighted by atomic mass is 10.1. The summed E-state index contributed by atoms with van der Waals surface area (Å²) >= 11 is 0. The van der Waals surface area contributed by atoms with Crippen molar-refractivity contribution in [2.45, 2.75) is 50.2 Å². The molecular weight excluding hydrogens is 240 g/mol. The van der Waals surface area contributed by atoms with Crippen molar-refractivity contribution in [1.82, 2.24) is 15.1 Å². The summed E-state index contributed by atoms with van der Waals surface area (Å²) in [6, 6.07) is 1.20. The van der Waals surface area contributed by atoms with Gasteiger partial charge in [-0.25, -0.2) is 0 Å². The van der Waals surface area contributed by atoms with E-state index in [1.165, 1.54) is 12.8 Å². The Morgan fingerprint density at radius 1 is 1.42 bits per heavy atom. The maximum absolute atomic E-state index is 11.9. The van der Waals surface area contributed by atoms with Crippen molar-refractivity contribution in [3.05, 3.63) is 0 Å². The molecule has 0 aromatic rings. The zero-order chi connectivity index (χ0) is 13.8. The summed E-state index contributed by atoms with van der Waals surface area (Å²) in [6.07, 6.45) is 5.28. The van der Waals surface area contributed by atoms with Gasteiger partial charge in [-0.15, -0.1) is 0 Å². The Balaban J connectivity index is 1.85. The van der Waals surface area contributed by atoms with E-state index < -0.39 is 0 Å². The highest BCUT2D eigenvalue weighted by molar-refractivity contribution is 5.77. The van der Waals surface area contributed by atoms with E-state index in [4.69, 9.17) is 5.73 Å². The van der Waals surface area contributed by atoms with Gasteiger partial charge in [0.25, 0.3) is 0 Å². The molecule has 0 aromatic carbocycles. The average Bonchev–Trinajstić information content (AvgIpc) is 3.04. The van der Waals surface area contributed by atoms with Gasteiger partial charge >= 0.3 is 0 Å². The Kier molecular flexibility index (Phi) is 5.19. The number of likely N-dealkylation sites (tertiary alicyclic amines) is 1. The van der Waals surface area contributed by atoms with Crippen LogP contribution >= 0.6 is 0 Å². The van der Waals surface area contributed by atoms with Crippen LogP contribution < -0.4 is 11.1 Å². The van der Waals surface area contributed by atoms with E-state index >= 15 is 0 Å². The highest BCUT2D eigenvalue weighted by Gasteiger charge is 2.32. The first-order valence-corrected chi connectivity index (χ1v) is 7.50. The van der Waals surface area contributed by atoms with Crippen molar-refractivity contribution in [3.63, 3.8) is 0 Å². The molecule has 2 aliphatic rings. The number of nitrogens with two attached hydrogens (primary N) is 1. The van der Waals surface area contributed by atoms with E-state index in [1.54, 1.807) is 0 Å². The molecule has 1 saturated carbocycles. The minimum absolute atomic E-state index is 0.174. The molecule has 2 fully saturated rings. The smallest absolute Gasteiger partial charge is 0.221 e. The van der Waals surface area contributed by atoms with Crippen molar-refractivity contribution >= 4 is 5.91 Å². The van der Waals surface area contributed by atoms with Crippen LogP contribution in [0, 0.1) is 0 Å². The number of amides is 1. The van der Waals surface area contributed by atoms with Crippen LogP contribution in [-0.2, 0) is 4.79 Å². The molecule has 19 heavy (non-hydrogen) atoms. The zero-order valence-electron chi connectivity index (χ0n) is 12.3. The van der Waals surface area contributed by atoms with Crippen molar-refractivity contribution in [3.8, 4) is 0 Å². The molecule has 2 unspecified atom stereocenters. The number of nitrogens with zero attached hydrogens (tertiary/aromatic N) is 2. The number of carbonyl (C=O) groups excluding carboxylic acids is 1. The number of rotatable bonds is 7. The van der Waals surface area contributed by atoms with Gasteiger partial charge in [0.05, 0.1) is 0 Å². The van der Waals surface area contributed by atoms with Crippen LogP contribution in [0.2, 0.25) is 0 Å². The minimum Gasteiger partial charge on any atom is -0.353 e. The van der Waals surface area contributed by atoms with Gasteiger partial charge in [0.15, 0.2) is 0 Å². The van der Waals surface area contributed by atoms with Crippen molar-refractivity contribution in [1.29, 1.82) is 0 Å². The lowest BCUT2D eigenvalue weighted by Gasteiger charge is -2.33. The molecule has 3 N–H and O–H groups in total. The highest BCUT2D eigenvalue weighted by Crippen LogP contribution is 2.23. The standard InChI is InChI=1S/C14H28N4O/c1-17(2)10-12-4-3-7-18(12)13(9-15)8-14(19)16-11-5-6-11/h11-13H,3-10,15H2,1-2H3,(H,16,19). The lowest BCUT2D eigenvalue weighted by molar-refractivity contribution is -0.122. The maximum atomic E-state index is 11.9. The summed E-state index contributed by atoms with van der Waals surface area (Å²) in [7, 11) is 4.21. The topological polar surface area (TPSA) is 61.6 Å². The summed E-state index contributed by atoms with van der Waals surface area (Å²) in [5.41, 5.74) is 5.91. The Bertz CT molecular complexity index is 304. The molecule has 5 heteroatoms. The zero-order valence-corrected chi connectivity index (χ0v) is 12.3. The molecule has 0 spiro atoms. The van der Waals surface area contributed by atoms with E-state index in [9.17, 15) is 4.79 Å². The summed E-state index contributed by atoms with van der Waals surface area (Å²) in [4.78, 5) is 16.6. The second kappa shape index (κ2) is 6.68. The van der Waals surface area contributed by atoms with Gasteiger partial charge in [0, 0.05) is 37.6 Å². The molecule has 1 aliphatic carbocycles. The van der Waals surface area contributed by atoms with Crippen LogP contribution in [0.1, 0.15) is 32.1 Å². The first kappa shape index (κ1) is 14.8. The maximum Gasteiger partial charge on any atom is 0.221 e. The third-order valence-electron chi connectivity index (χ3n) is 4.10. The molecular formula is C14H28N4O. The third-order valence-corrected chi connectivity index (χ3v) is 4.10. The van der Waals surface area contributed by atoms with Crippen LogP contribution in [0.3, 0.4) is 0 Å². The predicted molar refractivity (Wildman–Crippen MR) is 76.9 cm³/mol. The van der Waals surface area contributed by atoms with E-state index in [1.807, 2.05) is 0 Å². The molecule has 110 valence electrons. The van der Waals surface area contributed by atoms with Crippen molar-refractivity contribution < 1.29 is 4.79 Å². The molecule has 1 aliphatic heterocycles. The molecule has 0 aromatic heterocycles. The number of carbonyl (C=O) groups is 1. The minimum atomic E-state index is 0.174. The van der Waals surface area contributed by atoms with Gasteiger partial charge in [0.2, 0.25) is 5.91 Å². The van der Waals surface area contributed by atoms with Gasteiger partial charge in [-0.1, -0.05) is 0 Å². The Hall–Kier alpha value is -0.650. The van der Waals surface area contributed by atoms with Gasteiger partial charge < -0.3 is 16.0 Å². The molecule has 5 nitrogen and oxygen atoms in total. The normalized spacial score (nSPS) is 25.8. The Morgan fingerprint density at radius 3 is 2.74 bits per heavy atom. The largest absolute Gasteiger partial charge is 0.353 e. The monoisotopic (exact) mass is 268 g/mol. The molecule has 0 bridgehead atoms. The average molecular weight is 268 g/mol. The molecule has 1 amide bonds. The predicted octanol–water partition coefficient (Wildman–Crippen LogP) is 0.00840. The van der Waals surface area contributed by atoms with E-state index in [2.05, 4.69) is 29.2 Å². The third kappa shape index (κ3) is 4.44. The van der Waals surface area contributed by atoms with E-state index in [-0.39, 0.29) is 11.9 Å². The van der Waals surface area contributed by atoms with Crippen molar-refractivity contribution in [2.24, 2.45) is 5.73 Å². The molecule has 2 atom stereocenters. The number of hydrogen-bond acceptors (Lipinski definition) is 4. The lowest BCUT2D eigenvalue weighted by Crippen LogP contribution is -2.49. The van der Waals surface area contributed by atoms with Crippen LogP contribution in [-0.4, -0.2) is 67.6 Å². The molecule has 1 heterocycles. The second-order valence-corrected chi connectivity index (χ2v) is 6.23. The fourth-order valence-electron chi connectivity index (χ4n) is 3.02. The summed E-state index contributed by atoms with van der Waals surface area (Å²) in [5.74, 6) is 0.174. The molecule has 1 saturated heterocycles. The van der Waals surface area contributed by atoms with Gasteiger partial charge in [0.1, 0.15) is 0 Å². The van der Waals surface area contributed by atoms with Gasteiger partial charge in [-0.3, -0.25) is 9.69 Å². The highest BCUT2D eigenvalue weighted by atomic mass is 16.1. The first-order chi connectivity index (χ1) is 9.10. The van der Waals surface area contributed by atoms with Crippen LogP contribution in [0.5, 0.6) is 0 Å². The summed E-state index contributed by atoms with van der Waals surface area (Å²) in [5, 5.41) is 3.07. The second-order valence-electron chi connectivity index (χ2n) is 6.23. The van der Waals surface area contributed by atoms with E-state index in [0.29, 0.717) is 25.0 Å².